The van der Waals surface area contributed by atoms with Gasteiger partial charge < -0.3 is 14.8 Å². The zero-order chi connectivity index (χ0) is 19.3. The zero-order valence-corrected chi connectivity index (χ0v) is 14.6. The third-order valence-corrected chi connectivity index (χ3v) is 3.51. The third-order valence-electron chi connectivity index (χ3n) is 3.51. The van der Waals surface area contributed by atoms with Crippen molar-refractivity contribution >= 4 is 17.6 Å². The minimum atomic E-state index is -1.26. The number of rotatable bonds is 6. The monoisotopic (exact) mass is 363 g/mol. The van der Waals surface area contributed by atoms with E-state index in [0.717, 1.165) is 17.7 Å². The van der Waals surface area contributed by atoms with Gasteiger partial charge in [-0.2, -0.15) is 0 Å². The fourth-order valence-corrected chi connectivity index (χ4v) is 2.11. The highest BCUT2D eigenvalue weighted by atomic mass is 19.1. The summed E-state index contributed by atoms with van der Waals surface area (Å²) in [6.45, 7) is 4.65. The van der Waals surface area contributed by atoms with Gasteiger partial charge in [0.25, 0.3) is 5.91 Å². The Balaban J connectivity index is 1.94. The van der Waals surface area contributed by atoms with Crippen molar-refractivity contribution in [1.82, 2.24) is 0 Å². The molecule has 26 heavy (non-hydrogen) atoms. The van der Waals surface area contributed by atoms with Crippen molar-refractivity contribution in [3.8, 4) is 5.75 Å². The molecular weight excluding hydrogens is 344 g/mol. The van der Waals surface area contributed by atoms with E-state index in [1.165, 1.54) is 19.9 Å². The van der Waals surface area contributed by atoms with Crippen LogP contribution < -0.4 is 10.1 Å². The number of ether oxygens (including phenoxy) is 2. The number of carbonyl (C=O) groups excluding carboxylic acids is 2. The molecule has 0 fully saturated rings. The van der Waals surface area contributed by atoms with Crippen molar-refractivity contribution < 1.29 is 27.8 Å². The van der Waals surface area contributed by atoms with E-state index in [2.05, 4.69) is 5.32 Å². The number of amides is 1. The Morgan fingerprint density at radius 2 is 1.62 bits per heavy atom. The lowest BCUT2D eigenvalue weighted by atomic mass is 10.2. The molecule has 0 saturated carbocycles. The lowest BCUT2D eigenvalue weighted by Crippen LogP contribution is -2.35. The highest BCUT2D eigenvalue weighted by Crippen LogP contribution is 2.19. The van der Waals surface area contributed by atoms with Gasteiger partial charge in [0.1, 0.15) is 23.1 Å². The molecule has 1 amide bonds. The summed E-state index contributed by atoms with van der Waals surface area (Å²) in [5.74, 6) is -2.99. The topological polar surface area (TPSA) is 64.6 Å². The Morgan fingerprint density at radius 1 is 1.00 bits per heavy atom. The Labute approximate surface area is 149 Å². The molecule has 0 aromatic heterocycles. The van der Waals surface area contributed by atoms with E-state index >= 15 is 0 Å². The van der Waals surface area contributed by atoms with Gasteiger partial charge in [-0.05, 0) is 50.6 Å². The summed E-state index contributed by atoms with van der Waals surface area (Å²) in [7, 11) is 0. The van der Waals surface area contributed by atoms with Crippen molar-refractivity contribution in [2.45, 2.75) is 33.0 Å². The number of anilines is 1. The smallest absolute Gasteiger partial charge is 0.347 e. The van der Waals surface area contributed by atoms with E-state index in [1.807, 2.05) is 13.0 Å². The van der Waals surface area contributed by atoms with Gasteiger partial charge in [-0.3, -0.25) is 4.79 Å². The second-order valence-corrected chi connectivity index (χ2v) is 5.74. The molecule has 0 aliphatic rings. The van der Waals surface area contributed by atoms with Gasteiger partial charge in [-0.15, -0.1) is 0 Å². The van der Waals surface area contributed by atoms with Crippen LogP contribution in [0.1, 0.15) is 19.4 Å². The normalized spacial score (nSPS) is 12.8. The number of hydrogen-bond acceptors (Lipinski definition) is 4. The zero-order valence-electron chi connectivity index (χ0n) is 14.6. The summed E-state index contributed by atoms with van der Waals surface area (Å²) in [6.07, 6.45) is -2.22. The lowest BCUT2D eigenvalue weighted by Gasteiger charge is -2.18. The minimum absolute atomic E-state index is 0.486. The molecule has 7 heteroatoms. The van der Waals surface area contributed by atoms with Crippen LogP contribution in [0.4, 0.5) is 14.5 Å². The molecule has 0 radical (unpaired) electrons. The molecule has 5 nitrogen and oxygen atoms in total. The molecular formula is C19H19F2NO4. The molecule has 138 valence electrons. The van der Waals surface area contributed by atoms with Crippen LogP contribution in [-0.2, 0) is 14.3 Å². The van der Waals surface area contributed by atoms with E-state index in [0.29, 0.717) is 5.75 Å². The Bertz CT molecular complexity index is 790. The third kappa shape index (κ3) is 5.02. The lowest BCUT2D eigenvalue weighted by molar-refractivity contribution is -0.159. The first-order chi connectivity index (χ1) is 12.3. The number of benzene rings is 2. The van der Waals surface area contributed by atoms with Crippen LogP contribution in [0.25, 0.3) is 0 Å². The predicted molar refractivity (Wildman–Crippen MR) is 91.8 cm³/mol. The van der Waals surface area contributed by atoms with Gasteiger partial charge in [0.05, 0.1) is 0 Å². The molecule has 2 atom stereocenters. The first kappa shape index (κ1) is 19.4. The van der Waals surface area contributed by atoms with Crippen molar-refractivity contribution in [1.29, 1.82) is 0 Å². The number of hydrogen-bond donors (Lipinski definition) is 1. The van der Waals surface area contributed by atoms with Crippen LogP contribution >= 0.6 is 0 Å². The number of nitrogens with one attached hydrogen (secondary N) is 1. The van der Waals surface area contributed by atoms with E-state index in [-0.39, 0.29) is 0 Å². The Morgan fingerprint density at radius 3 is 2.23 bits per heavy atom. The first-order valence-electron chi connectivity index (χ1n) is 7.96. The van der Waals surface area contributed by atoms with Crippen LogP contribution in [0.3, 0.4) is 0 Å². The molecule has 0 saturated heterocycles. The highest BCUT2D eigenvalue weighted by molar-refractivity contribution is 5.95. The first-order valence-corrected chi connectivity index (χ1v) is 7.96. The largest absolute Gasteiger partial charge is 0.479 e. The van der Waals surface area contributed by atoms with Crippen molar-refractivity contribution in [2.75, 3.05) is 5.32 Å². The van der Waals surface area contributed by atoms with E-state index in [1.54, 1.807) is 18.2 Å². The summed E-state index contributed by atoms with van der Waals surface area (Å²) >= 11 is 0. The molecule has 2 rings (SSSR count). The van der Waals surface area contributed by atoms with Crippen molar-refractivity contribution in [3.63, 3.8) is 0 Å². The molecule has 0 bridgehead atoms. The van der Waals surface area contributed by atoms with Gasteiger partial charge >= 0.3 is 5.97 Å². The summed E-state index contributed by atoms with van der Waals surface area (Å²) in [6, 6.07) is 10.3. The molecule has 0 aliphatic carbocycles. The summed E-state index contributed by atoms with van der Waals surface area (Å²) in [5.41, 5.74) is 0.368. The second kappa shape index (κ2) is 8.42. The average Bonchev–Trinajstić information content (AvgIpc) is 2.58. The number of aryl methyl sites for hydroxylation is 1. The van der Waals surface area contributed by atoms with Gasteiger partial charge in [0, 0.05) is 0 Å². The predicted octanol–water partition coefficient (Wildman–Crippen LogP) is 3.61. The molecule has 0 unspecified atom stereocenters. The molecule has 1 N–H and O–H groups in total. The van der Waals surface area contributed by atoms with Crippen LogP contribution in [0.15, 0.2) is 42.5 Å². The summed E-state index contributed by atoms with van der Waals surface area (Å²) < 4.78 is 37.6. The highest BCUT2D eigenvalue weighted by Gasteiger charge is 2.24. The molecule has 0 aliphatic heterocycles. The molecule has 2 aromatic carbocycles. The number of para-hydroxylation sites is 1. The van der Waals surface area contributed by atoms with Gasteiger partial charge in [-0.1, -0.05) is 18.2 Å². The Kier molecular flexibility index (Phi) is 6.27. The van der Waals surface area contributed by atoms with Crippen LogP contribution in [0.5, 0.6) is 5.75 Å². The standard InChI is InChI=1S/C19H19F2NO4/c1-11-6-4-7-14(10-11)25-13(3)19(24)26-12(2)18(23)22-17-15(20)8-5-9-16(17)21/h4-10,12-13H,1-3H3,(H,22,23)/t12-,13+/m1/s1. The van der Waals surface area contributed by atoms with Crippen molar-refractivity contribution in [2.24, 2.45) is 0 Å². The van der Waals surface area contributed by atoms with Crippen LogP contribution in [0, 0.1) is 18.6 Å². The summed E-state index contributed by atoms with van der Waals surface area (Å²) in [5, 5.41) is 2.07. The molecule has 0 heterocycles. The van der Waals surface area contributed by atoms with Gasteiger partial charge in [0.2, 0.25) is 0 Å². The van der Waals surface area contributed by atoms with Crippen LogP contribution in [0.2, 0.25) is 0 Å². The van der Waals surface area contributed by atoms with Crippen LogP contribution in [-0.4, -0.2) is 24.1 Å². The number of halogens is 2. The van der Waals surface area contributed by atoms with E-state index < -0.39 is 41.4 Å². The average molecular weight is 363 g/mol. The van der Waals surface area contributed by atoms with E-state index in [9.17, 15) is 18.4 Å². The Hall–Kier alpha value is -2.96. The number of carbonyl (C=O) groups is 2. The maximum Gasteiger partial charge on any atom is 0.347 e. The van der Waals surface area contributed by atoms with E-state index in [4.69, 9.17) is 9.47 Å². The quantitative estimate of drug-likeness (QED) is 0.797. The molecule has 2 aromatic rings. The second-order valence-electron chi connectivity index (χ2n) is 5.74. The minimum Gasteiger partial charge on any atom is -0.479 e. The van der Waals surface area contributed by atoms with Crippen molar-refractivity contribution in [3.05, 3.63) is 59.7 Å². The summed E-state index contributed by atoms with van der Waals surface area (Å²) in [4.78, 5) is 24.1. The fourth-order valence-electron chi connectivity index (χ4n) is 2.11. The SMILES string of the molecule is Cc1cccc(O[C@@H](C)C(=O)O[C@H](C)C(=O)Nc2c(F)cccc2F)c1. The molecule has 0 spiro atoms. The van der Waals surface area contributed by atoms with Gasteiger partial charge in [0.15, 0.2) is 12.2 Å². The fraction of sp³-hybridized carbons (Fsp3) is 0.263. The maximum atomic E-state index is 13.6. The number of esters is 1. The van der Waals surface area contributed by atoms with Gasteiger partial charge in [-0.25, -0.2) is 13.6 Å². The maximum absolute atomic E-state index is 13.6.